The van der Waals surface area contributed by atoms with E-state index in [1.165, 1.54) is 0 Å². The Morgan fingerprint density at radius 1 is 1.41 bits per heavy atom. The molecule has 1 aromatic carbocycles. The van der Waals surface area contributed by atoms with E-state index in [2.05, 4.69) is 21.2 Å². The third-order valence-corrected chi connectivity index (χ3v) is 3.46. The van der Waals surface area contributed by atoms with E-state index in [0.717, 1.165) is 25.0 Å². The molecular formula is C12H12BrF2NO. The average molecular weight is 304 g/mol. The first-order valence-corrected chi connectivity index (χ1v) is 6.23. The Labute approximate surface area is 107 Å². The Morgan fingerprint density at radius 2 is 1.94 bits per heavy atom. The Balaban J connectivity index is 2.15. The van der Waals surface area contributed by atoms with E-state index >= 15 is 0 Å². The summed E-state index contributed by atoms with van der Waals surface area (Å²) in [7, 11) is 0. The molecule has 17 heavy (non-hydrogen) atoms. The van der Waals surface area contributed by atoms with Gasteiger partial charge in [-0.1, -0.05) is 22.9 Å². The van der Waals surface area contributed by atoms with E-state index in [4.69, 9.17) is 0 Å². The van der Waals surface area contributed by atoms with Crippen molar-refractivity contribution >= 4 is 27.5 Å². The predicted molar refractivity (Wildman–Crippen MR) is 64.6 cm³/mol. The van der Waals surface area contributed by atoms with E-state index in [0.29, 0.717) is 10.4 Å². The summed E-state index contributed by atoms with van der Waals surface area (Å²) >= 11 is 2.98. The van der Waals surface area contributed by atoms with Crippen LogP contribution < -0.4 is 5.32 Å². The monoisotopic (exact) mass is 303 g/mol. The fourth-order valence-corrected chi connectivity index (χ4v) is 2.11. The molecule has 1 atom stereocenters. The van der Waals surface area contributed by atoms with Gasteiger partial charge in [-0.15, -0.1) is 0 Å². The van der Waals surface area contributed by atoms with Crippen LogP contribution in [0.25, 0.3) is 0 Å². The second-order valence-corrected chi connectivity index (χ2v) is 5.28. The van der Waals surface area contributed by atoms with Crippen molar-refractivity contribution in [2.24, 2.45) is 11.8 Å². The Bertz CT molecular complexity index is 437. The zero-order chi connectivity index (χ0) is 12.6. The zero-order valence-electron chi connectivity index (χ0n) is 9.27. The van der Waals surface area contributed by atoms with Crippen molar-refractivity contribution in [1.29, 1.82) is 0 Å². The number of rotatable bonds is 3. The maximum atomic E-state index is 13.5. The highest BCUT2D eigenvalue weighted by molar-refractivity contribution is 9.10. The predicted octanol–water partition coefficient (Wildman–Crippen LogP) is 3.71. The molecule has 0 spiro atoms. The lowest BCUT2D eigenvalue weighted by Crippen LogP contribution is -2.23. The van der Waals surface area contributed by atoms with Crippen LogP contribution in [0.3, 0.4) is 0 Å². The van der Waals surface area contributed by atoms with Crippen molar-refractivity contribution < 1.29 is 13.6 Å². The number of halogens is 3. The van der Waals surface area contributed by atoms with Gasteiger partial charge in [-0.3, -0.25) is 4.79 Å². The number of carbonyl (C=O) groups excluding carboxylic acids is 1. The smallest absolute Gasteiger partial charge is 0.227 e. The van der Waals surface area contributed by atoms with Gasteiger partial charge in [0, 0.05) is 10.4 Å². The summed E-state index contributed by atoms with van der Waals surface area (Å²) in [5.74, 6) is -1.71. The normalized spacial score (nSPS) is 16.7. The minimum absolute atomic E-state index is 0.197. The standard InChI is InChI=1S/C12H12BrF2NO/c1-6(7-2-3-7)12(17)16-11-9(14)4-8(13)5-10(11)15/h4-7H,2-3H2,1H3,(H,16,17). The average Bonchev–Trinajstić information content (AvgIpc) is 3.05. The summed E-state index contributed by atoms with van der Waals surface area (Å²) in [5, 5.41) is 2.32. The van der Waals surface area contributed by atoms with E-state index in [1.807, 2.05) is 0 Å². The summed E-state index contributed by atoms with van der Waals surface area (Å²) in [4.78, 5) is 11.7. The molecule has 1 aliphatic rings. The first-order valence-electron chi connectivity index (χ1n) is 5.44. The second kappa shape index (κ2) is 4.72. The molecule has 0 aromatic heterocycles. The summed E-state index contributed by atoms with van der Waals surface area (Å²) in [6, 6.07) is 2.25. The minimum Gasteiger partial charge on any atom is -0.321 e. The van der Waals surface area contributed by atoms with Gasteiger partial charge in [0.05, 0.1) is 0 Å². The van der Waals surface area contributed by atoms with Crippen molar-refractivity contribution in [3.05, 3.63) is 28.2 Å². The number of hydrogen-bond donors (Lipinski definition) is 1. The second-order valence-electron chi connectivity index (χ2n) is 4.36. The van der Waals surface area contributed by atoms with Crippen LogP contribution in [0.2, 0.25) is 0 Å². The van der Waals surface area contributed by atoms with Crippen molar-refractivity contribution in [2.45, 2.75) is 19.8 Å². The molecular weight excluding hydrogens is 292 g/mol. The van der Waals surface area contributed by atoms with Gasteiger partial charge in [-0.05, 0) is 30.9 Å². The lowest BCUT2D eigenvalue weighted by molar-refractivity contribution is -0.120. The van der Waals surface area contributed by atoms with Gasteiger partial charge in [0.2, 0.25) is 5.91 Å². The Hall–Kier alpha value is -0.970. The van der Waals surface area contributed by atoms with Gasteiger partial charge in [-0.25, -0.2) is 8.78 Å². The largest absolute Gasteiger partial charge is 0.321 e. The molecule has 1 saturated carbocycles. The molecule has 1 unspecified atom stereocenters. The van der Waals surface area contributed by atoms with E-state index in [9.17, 15) is 13.6 Å². The quantitative estimate of drug-likeness (QED) is 0.906. The highest BCUT2D eigenvalue weighted by Crippen LogP contribution is 2.37. The van der Waals surface area contributed by atoms with Crippen LogP contribution in [-0.2, 0) is 4.79 Å². The maximum absolute atomic E-state index is 13.5. The molecule has 0 heterocycles. The number of carbonyl (C=O) groups is 1. The summed E-state index contributed by atoms with van der Waals surface area (Å²) in [6.45, 7) is 1.78. The molecule has 5 heteroatoms. The zero-order valence-corrected chi connectivity index (χ0v) is 10.9. The van der Waals surface area contributed by atoms with E-state index in [-0.39, 0.29) is 17.5 Å². The fourth-order valence-electron chi connectivity index (χ4n) is 1.71. The molecule has 1 aromatic rings. The molecule has 1 fully saturated rings. The molecule has 0 bridgehead atoms. The molecule has 0 radical (unpaired) electrons. The molecule has 92 valence electrons. The molecule has 1 aliphatic carbocycles. The van der Waals surface area contributed by atoms with Crippen LogP contribution in [0.15, 0.2) is 16.6 Å². The van der Waals surface area contributed by atoms with Crippen LogP contribution in [0.5, 0.6) is 0 Å². The van der Waals surface area contributed by atoms with Crippen molar-refractivity contribution in [1.82, 2.24) is 0 Å². The van der Waals surface area contributed by atoms with E-state index < -0.39 is 11.6 Å². The van der Waals surface area contributed by atoms with Crippen LogP contribution >= 0.6 is 15.9 Å². The highest BCUT2D eigenvalue weighted by atomic mass is 79.9. The minimum atomic E-state index is -0.770. The molecule has 2 rings (SSSR count). The van der Waals surface area contributed by atoms with Crippen LogP contribution in [0, 0.1) is 23.5 Å². The first-order chi connectivity index (χ1) is 7.99. The number of anilines is 1. The number of amides is 1. The van der Waals surface area contributed by atoms with Gasteiger partial charge in [-0.2, -0.15) is 0 Å². The van der Waals surface area contributed by atoms with E-state index in [1.54, 1.807) is 6.92 Å². The van der Waals surface area contributed by atoms with Crippen molar-refractivity contribution in [3.63, 3.8) is 0 Å². The van der Waals surface area contributed by atoms with Gasteiger partial charge in [0.15, 0.2) is 11.6 Å². The molecule has 2 nitrogen and oxygen atoms in total. The lowest BCUT2D eigenvalue weighted by atomic mass is 10.1. The maximum Gasteiger partial charge on any atom is 0.227 e. The van der Waals surface area contributed by atoms with Gasteiger partial charge >= 0.3 is 0 Å². The van der Waals surface area contributed by atoms with Gasteiger partial charge in [0.1, 0.15) is 5.69 Å². The summed E-state index contributed by atoms with van der Waals surface area (Å²) < 4.78 is 27.2. The van der Waals surface area contributed by atoms with Gasteiger partial charge < -0.3 is 5.32 Å². The molecule has 0 saturated heterocycles. The fraction of sp³-hybridized carbons (Fsp3) is 0.417. The molecule has 0 aliphatic heterocycles. The third kappa shape index (κ3) is 2.83. The van der Waals surface area contributed by atoms with Crippen molar-refractivity contribution in [3.8, 4) is 0 Å². The molecule has 1 amide bonds. The number of hydrogen-bond acceptors (Lipinski definition) is 1. The Morgan fingerprint density at radius 3 is 2.41 bits per heavy atom. The van der Waals surface area contributed by atoms with Crippen LogP contribution in [-0.4, -0.2) is 5.91 Å². The molecule has 1 N–H and O–H groups in total. The SMILES string of the molecule is CC(C(=O)Nc1c(F)cc(Br)cc1F)C1CC1. The highest BCUT2D eigenvalue weighted by Gasteiger charge is 2.33. The van der Waals surface area contributed by atoms with Gasteiger partial charge in [0.25, 0.3) is 0 Å². The van der Waals surface area contributed by atoms with Crippen molar-refractivity contribution in [2.75, 3.05) is 5.32 Å². The van der Waals surface area contributed by atoms with Crippen LogP contribution in [0.4, 0.5) is 14.5 Å². The topological polar surface area (TPSA) is 29.1 Å². The summed E-state index contributed by atoms with van der Waals surface area (Å²) in [6.07, 6.45) is 2.03. The number of nitrogens with one attached hydrogen (secondary N) is 1. The number of benzene rings is 1. The third-order valence-electron chi connectivity index (χ3n) is 3.00. The van der Waals surface area contributed by atoms with Crippen LogP contribution in [0.1, 0.15) is 19.8 Å². The summed E-state index contributed by atoms with van der Waals surface area (Å²) in [5.41, 5.74) is -0.370. The lowest BCUT2D eigenvalue weighted by Gasteiger charge is -2.12. The first kappa shape index (κ1) is 12.5. The Kier molecular flexibility index (Phi) is 3.47.